The van der Waals surface area contributed by atoms with Crippen molar-refractivity contribution in [3.8, 4) is 11.5 Å². The minimum Gasteiger partial charge on any atom is -0.497 e. The standard InChI is InChI=1S/C17H18FN3O4/c1-24-13-6-7-14(15(9-13)25-2)21-17(23)19-10-16(22)20-12-5-3-4-11(18)8-12/h3-9H,10H2,1-2H3,(H,20,22)(H2,19,21,23). The van der Waals surface area contributed by atoms with E-state index in [0.29, 0.717) is 22.9 Å². The summed E-state index contributed by atoms with van der Waals surface area (Å²) in [7, 11) is 2.98. The SMILES string of the molecule is COc1ccc(NC(=O)NCC(=O)Nc2cccc(F)c2)c(OC)c1. The summed E-state index contributed by atoms with van der Waals surface area (Å²) in [4.78, 5) is 23.7. The summed E-state index contributed by atoms with van der Waals surface area (Å²) in [5.74, 6) is 0.0496. The van der Waals surface area contributed by atoms with Crippen LogP contribution < -0.4 is 25.4 Å². The molecule has 0 bridgehead atoms. The molecule has 2 rings (SSSR count). The van der Waals surface area contributed by atoms with Crippen molar-refractivity contribution in [3.63, 3.8) is 0 Å². The summed E-state index contributed by atoms with van der Waals surface area (Å²) >= 11 is 0. The van der Waals surface area contributed by atoms with Gasteiger partial charge in [-0.3, -0.25) is 4.79 Å². The second-order valence-electron chi connectivity index (χ2n) is 4.93. The molecule has 0 atom stereocenters. The molecule has 132 valence electrons. The molecule has 0 aliphatic carbocycles. The molecule has 7 nitrogen and oxygen atoms in total. The number of urea groups is 1. The number of hydrogen-bond donors (Lipinski definition) is 3. The van der Waals surface area contributed by atoms with Crippen molar-refractivity contribution < 1.29 is 23.5 Å². The Bertz CT molecular complexity index is 767. The van der Waals surface area contributed by atoms with E-state index in [2.05, 4.69) is 16.0 Å². The van der Waals surface area contributed by atoms with Crippen molar-refractivity contribution in [2.45, 2.75) is 0 Å². The number of nitrogens with one attached hydrogen (secondary N) is 3. The van der Waals surface area contributed by atoms with Gasteiger partial charge in [0.05, 0.1) is 26.5 Å². The van der Waals surface area contributed by atoms with E-state index < -0.39 is 17.8 Å². The fourth-order valence-corrected chi connectivity index (χ4v) is 2.00. The third kappa shape index (κ3) is 5.38. The monoisotopic (exact) mass is 347 g/mol. The Hall–Kier alpha value is -3.29. The van der Waals surface area contributed by atoms with Gasteiger partial charge in [-0.15, -0.1) is 0 Å². The maximum absolute atomic E-state index is 13.0. The number of amides is 3. The Kier molecular flexibility index (Phi) is 6.16. The van der Waals surface area contributed by atoms with E-state index in [1.165, 1.54) is 32.4 Å². The smallest absolute Gasteiger partial charge is 0.319 e. The second kappa shape index (κ2) is 8.53. The van der Waals surface area contributed by atoms with Crippen LogP contribution in [0.25, 0.3) is 0 Å². The summed E-state index contributed by atoms with van der Waals surface area (Å²) < 4.78 is 23.3. The molecule has 8 heteroatoms. The molecule has 2 aromatic carbocycles. The molecule has 2 aromatic rings. The molecule has 0 saturated carbocycles. The molecule has 0 aliphatic heterocycles. The van der Waals surface area contributed by atoms with Crippen molar-refractivity contribution in [1.29, 1.82) is 0 Å². The molecule has 0 fully saturated rings. The lowest BCUT2D eigenvalue weighted by Crippen LogP contribution is -2.35. The van der Waals surface area contributed by atoms with E-state index in [0.717, 1.165) is 0 Å². The van der Waals surface area contributed by atoms with Crippen LogP contribution in [-0.2, 0) is 4.79 Å². The summed E-state index contributed by atoms with van der Waals surface area (Å²) in [5, 5.41) is 7.45. The summed E-state index contributed by atoms with van der Waals surface area (Å²) in [5.41, 5.74) is 0.732. The lowest BCUT2D eigenvalue weighted by atomic mass is 10.2. The van der Waals surface area contributed by atoms with Gasteiger partial charge in [-0.2, -0.15) is 0 Å². The predicted molar refractivity (Wildman–Crippen MR) is 91.6 cm³/mol. The number of rotatable bonds is 6. The lowest BCUT2D eigenvalue weighted by Gasteiger charge is -2.12. The Morgan fingerprint density at radius 3 is 2.52 bits per heavy atom. The van der Waals surface area contributed by atoms with Gasteiger partial charge in [0.15, 0.2) is 0 Å². The van der Waals surface area contributed by atoms with E-state index in [-0.39, 0.29) is 6.54 Å². The number of ether oxygens (including phenoxy) is 2. The first-order valence-electron chi connectivity index (χ1n) is 7.34. The Balaban J connectivity index is 1.87. The highest BCUT2D eigenvalue weighted by molar-refractivity contribution is 5.97. The van der Waals surface area contributed by atoms with Crippen LogP contribution >= 0.6 is 0 Å². The second-order valence-corrected chi connectivity index (χ2v) is 4.93. The van der Waals surface area contributed by atoms with Gasteiger partial charge in [-0.25, -0.2) is 9.18 Å². The van der Waals surface area contributed by atoms with Gasteiger partial charge in [0.1, 0.15) is 17.3 Å². The van der Waals surface area contributed by atoms with E-state index in [4.69, 9.17) is 9.47 Å². The molecule has 3 amide bonds. The van der Waals surface area contributed by atoms with E-state index in [1.807, 2.05) is 0 Å². The fraction of sp³-hybridized carbons (Fsp3) is 0.176. The summed E-state index contributed by atoms with van der Waals surface area (Å²) in [6.45, 7) is -0.277. The average Bonchev–Trinajstić information content (AvgIpc) is 2.60. The molecule has 0 aromatic heterocycles. The van der Waals surface area contributed by atoms with Crippen molar-refractivity contribution >= 4 is 23.3 Å². The van der Waals surface area contributed by atoms with Gasteiger partial charge < -0.3 is 25.4 Å². The number of anilines is 2. The summed E-state index contributed by atoms with van der Waals surface area (Å²) in [6, 6.07) is 9.78. The van der Waals surface area contributed by atoms with Crippen LogP contribution in [0.2, 0.25) is 0 Å². The van der Waals surface area contributed by atoms with Crippen LogP contribution in [0.3, 0.4) is 0 Å². The summed E-state index contributed by atoms with van der Waals surface area (Å²) in [6.07, 6.45) is 0. The van der Waals surface area contributed by atoms with Crippen molar-refractivity contribution in [3.05, 3.63) is 48.3 Å². The zero-order valence-corrected chi connectivity index (χ0v) is 13.8. The molecule has 0 heterocycles. The van der Waals surface area contributed by atoms with Crippen LogP contribution in [0, 0.1) is 5.82 Å². The highest BCUT2D eigenvalue weighted by Crippen LogP contribution is 2.28. The molecule has 3 N–H and O–H groups in total. The third-order valence-corrected chi connectivity index (χ3v) is 3.17. The van der Waals surface area contributed by atoms with Crippen molar-refractivity contribution in [2.24, 2.45) is 0 Å². The molecule has 25 heavy (non-hydrogen) atoms. The Morgan fingerprint density at radius 1 is 1.04 bits per heavy atom. The zero-order chi connectivity index (χ0) is 18.2. The number of halogens is 1. The van der Waals surface area contributed by atoms with Crippen molar-refractivity contribution in [1.82, 2.24) is 5.32 Å². The first kappa shape index (κ1) is 18.1. The minimum atomic E-state index is -0.585. The first-order valence-corrected chi connectivity index (χ1v) is 7.34. The third-order valence-electron chi connectivity index (χ3n) is 3.17. The quantitative estimate of drug-likeness (QED) is 0.749. The average molecular weight is 347 g/mol. The number of hydrogen-bond acceptors (Lipinski definition) is 4. The maximum Gasteiger partial charge on any atom is 0.319 e. The van der Waals surface area contributed by atoms with E-state index in [1.54, 1.807) is 24.3 Å². The molecular weight excluding hydrogens is 329 g/mol. The molecule has 0 spiro atoms. The molecule has 0 saturated heterocycles. The highest BCUT2D eigenvalue weighted by Gasteiger charge is 2.10. The van der Waals surface area contributed by atoms with Gasteiger partial charge in [0.25, 0.3) is 0 Å². The first-order chi connectivity index (χ1) is 12.0. The van der Waals surface area contributed by atoms with Crippen LogP contribution in [0.4, 0.5) is 20.6 Å². The molecule has 0 radical (unpaired) electrons. The number of carbonyl (C=O) groups is 2. The predicted octanol–water partition coefficient (Wildman–Crippen LogP) is 2.60. The van der Waals surface area contributed by atoms with Crippen LogP contribution in [-0.4, -0.2) is 32.7 Å². The molecular formula is C17H18FN3O4. The van der Waals surface area contributed by atoms with Crippen LogP contribution in [0.15, 0.2) is 42.5 Å². The van der Waals surface area contributed by atoms with E-state index >= 15 is 0 Å². The highest BCUT2D eigenvalue weighted by atomic mass is 19.1. The minimum absolute atomic E-state index is 0.277. The largest absolute Gasteiger partial charge is 0.497 e. The van der Waals surface area contributed by atoms with Crippen molar-refractivity contribution in [2.75, 3.05) is 31.4 Å². The number of carbonyl (C=O) groups excluding carboxylic acids is 2. The topological polar surface area (TPSA) is 88.7 Å². The Labute approximate surface area is 144 Å². The lowest BCUT2D eigenvalue weighted by molar-refractivity contribution is -0.115. The number of benzene rings is 2. The maximum atomic E-state index is 13.0. The van der Waals surface area contributed by atoms with Gasteiger partial charge in [-0.1, -0.05) is 6.07 Å². The number of methoxy groups -OCH3 is 2. The fourth-order valence-electron chi connectivity index (χ4n) is 2.00. The van der Waals surface area contributed by atoms with E-state index in [9.17, 15) is 14.0 Å². The normalized spacial score (nSPS) is 9.88. The van der Waals surface area contributed by atoms with Gasteiger partial charge in [-0.05, 0) is 30.3 Å². The zero-order valence-electron chi connectivity index (χ0n) is 13.8. The Morgan fingerprint density at radius 2 is 1.84 bits per heavy atom. The van der Waals surface area contributed by atoms with Gasteiger partial charge in [0, 0.05) is 11.8 Å². The molecule has 0 aliphatic rings. The van der Waals surface area contributed by atoms with Crippen LogP contribution in [0.5, 0.6) is 11.5 Å². The molecule has 0 unspecified atom stereocenters. The van der Waals surface area contributed by atoms with Gasteiger partial charge in [0.2, 0.25) is 5.91 Å². The van der Waals surface area contributed by atoms with Gasteiger partial charge >= 0.3 is 6.03 Å². The van der Waals surface area contributed by atoms with Crippen LogP contribution in [0.1, 0.15) is 0 Å².